The first kappa shape index (κ1) is 13.4. The molecule has 3 N–H and O–H groups in total. The van der Waals surface area contributed by atoms with E-state index < -0.39 is 15.8 Å². The first-order valence-electron chi connectivity index (χ1n) is 5.30. The Morgan fingerprint density at radius 2 is 2.21 bits per heavy atom. The smallest absolute Gasteiger partial charge is 0.264 e. The van der Waals surface area contributed by atoms with Crippen molar-refractivity contribution in [1.82, 2.24) is 14.8 Å². The van der Waals surface area contributed by atoms with Gasteiger partial charge in [-0.3, -0.25) is 0 Å². The minimum atomic E-state index is -3.96. The van der Waals surface area contributed by atoms with Crippen molar-refractivity contribution in [1.29, 1.82) is 0 Å². The Balaban J connectivity index is 2.46. The summed E-state index contributed by atoms with van der Waals surface area (Å²) in [6.07, 6.45) is 1.20. The van der Waals surface area contributed by atoms with Gasteiger partial charge in [-0.2, -0.15) is 10.1 Å². The van der Waals surface area contributed by atoms with Crippen molar-refractivity contribution in [2.75, 3.05) is 4.72 Å². The molecule has 0 aliphatic heterocycles. The third-order valence-electron chi connectivity index (χ3n) is 2.51. The van der Waals surface area contributed by atoms with E-state index in [1.165, 1.54) is 30.2 Å². The summed E-state index contributed by atoms with van der Waals surface area (Å²) in [7, 11) is -2.44. The first-order chi connectivity index (χ1) is 8.95. The van der Waals surface area contributed by atoms with Crippen LogP contribution >= 0.6 is 0 Å². The van der Waals surface area contributed by atoms with Gasteiger partial charge in [-0.05, 0) is 12.1 Å². The van der Waals surface area contributed by atoms with Crippen LogP contribution in [-0.2, 0) is 23.6 Å². The van der Waals surface area contributed by atoms with E-state index in [0.29, 0.717) is 0 Å². The van der Waals surface area contributed by atoms with Crippen LogP contribution in [0.25, 0.3) is 0 Å². The van der Waals surface area contributed by atoms with Crippen LogP contribution < -0.4 is 10.5 Å². The van der Waals surface area contributed by atoms with Gasteiger partial charge < -0.3 is 5.73 Å². The van der Waals surface area contributed by atoms with Crippen LogP contribution in [0.1, 0.15) is 5.56 Å². The Kier molecular flexibility index (Phi) is 3.49. The molecule has 0 saturated heterocycles. The standard InChI is InChI=1S/C10H12FN5O2S/c1-16-10(13-6-14-16)15-19(17,18)9-4-2-3-8(11)7(9)5-12/h2-4,6H,5,12H2,1H3,(H,13,14,15). The van der Waals surface area contributed by atoms with Crippen LogP contribution in [0, 0.1) is 5.82 Å². The van der Waals surface area contributed by atoms with Crippen molar-refractivity contribution in [3.63, 3.8) is 0 Å². The highest BCUT2D eigenvalue weighted by Crippen LogP contribution is 2.20. The molecule has 9 heteroatoms. The molecule has 7 nitrogen and oxygen atoms in total. The predicted octanol–water partition coefficient (Wildman–Crippen LogP) is 0.214. The molecule has 2 rings (SSSR count). The SMILES string of the molecule is Cn1ncnc1NS(=O)(=O)c1cccc(F)c1CN. The van der Waals surface area contributed by atoms with E-state index in [2.05, 4.69) is 14.8 Å². The second kappa shape index (κ2) is 4.94. The van der Waals surface area contributed by atoms with Crippen molar-refractivity contribution >= 4 is 16.0 Å². The zero-order valence-electron chi connectivity index (χ0n) is 10.0. The van der Waals surface area contributed by atoms with E-state index in [9.17, 15) is 12.8 Å². The van der Waals surface area contributed by atoms with Crippen LogP contribution in [0.3, 0.4) is 0 Å². The maximum Gasteiger partial charge on any atom is 0.264 e. The van der Waals surface area contributed by atoms with E-state index in [0.717, 1.165) is 6.07 Å². The van der Waals surface area contributed by atoms with Crippen LogP contribution in [0.4, 0.5) is 10.3 Å². The van der Waals surface area contributed by atoms with E-state index in [4.69, 9.17) is 5.73 Å². The molecule has 1 heterocycles. The maximum absolute atomic E-state index is 13.5. The Morgan fingerprint density at radius 3 is 2.79 bits per heavy atom. The molecule has 1 aromatic heterocycles. The molecule has 1 aromatic carbocycles. The summed E-state index contributed by atoms with van der Waals surface area (Å²) in [5.74, 6) is -0.629. The number of hydrogen-bond donors (Lipinski definition) is 2. The maximum atomic E-state index is 13.5. The normalized spacial score (nSPS) is 11.5. The Labute approximate surface area is 109 Å². The molecular weight excluding hydrogens is 273 g/mol. The molecule has 0 bridgehead atoms. The van der Waals surface area contributed by atoms with E-state index in [1.807, 2.05) is 0 Å². The summed E-state index contributed by atoms with van der Waals surface area (Å²) in [5.41, 5.74) is 5.31. The molecular formula is C10H12FN5O2S. The van der Waals surface area contributed by atoms with Gasteiger partial charge in [0.2, 0.25) is 5.95 Å². The molecule has 0 radical (unpaired) electrons. The number of aryl methyl sites for hydroxylation is 1. The topological polar surface area (TPSA) is 103 Å². The largest absolute Gasteiger partial charge is 0.326 e. The number of nitrogens with two attached hydrogens (primary N) is 1. The van der Waals surface area contributed by atoms with Gasteiger partial charge in [0.1, 0.15) is 12.1 Å². The fourth-order valence-corrected chi connectivity index (χ4v) is 2.85. The monoisotopic (exact) mass is 285 g/mol. The van der Waals surface area contributed by atoms with Crippen molar-refractivity contribution in [2.24, 2.45) is 12.8 Å². The first-order valence-corrected chi connectivity index (χ1v) is 6.78. The minimum Gasteiger partial charge on any atom is -0.326 e. The Bertz CT molecular complexity index is 698. The third kappa shape index (κ3) is 2.56. The number of hydrogen-bond acceptors (Lipinski definition) is 5. The lowest BCUT2D eigenvalue weighted by molar-refractivity contribution is 0.585. The average Bonchev–Trinajstić information content (AvgIpc) is 2.74. The zero-order valence-corrected chi connectivity index (χ0v) is 10.9. The summed E-state index contributed by atoms with van der Waals surface area (Å²) in [6.45, 7) is -0.221. The van der Waals surface area contributed by atoms with Gasteiger partial charge in [0.15, 0.2) is 0 Å². The van der Waals surface area contributed by atoms with E-state index in [1.54, 1.807) is 0 Å². The molecule has 0 fully saturated rings. The lowest BCUT2D eigenvalue weighted by atomic mass is 10.2. The number of benzene rings is 1. The summed E-state index contributed by atoms with van der Waals surface area (Å²) in [5, 5.41) is 3.73. The number of nitrogens with zero attached hydrogens (tertiary/aromatic N) is 3. The predicted molar refractivity (Wildman–Crippen MR) is 66.1 cm³/mol. The summed E-state index contributed by atoms with van der Waals surface area (Å²) in [6, 6.07) is 3.74. The summed E-state index contributed by atoms with van der Waals surface area (Å²) >= 11 is 0. The molecule has 0 atom stereocenters. The minimum absolute atomic E-state index is 0.0345. The van der Waals surface area contributed by atoms with Gasteiger partial charge in [-0.25, -0.2) is 22.2 Å². The lowest BCUT2D eigenvalue weighted by Crippen LogP contribution is -2.19. The van der Waals surface area contributed by atoms with Gasteiger partial charge in [-0.1, -0.05) is 6.07 Å². The fourth-order valence-electron chi connectivity index (χ4n) is 1.55. The van der Waals surface area contributed by atoms with Crippen LogP contribution in [0.2, 0.25) is 0 Å². The van der Waals surface area contributed by atoms with E-state index in [-0.39, 0.29) is 23.0 Å². The fraction of sp³-hybridized carbons (Fsp3) is 0.200. The molecule has 0 unspecified atom stereocenters. The average molecular weight is 285 g/mol. The number of halogens is 1. The number of aromatic nitrogens is 3. The van der Waals surface area contributed by atoms with Gasteiger partial charge in [-0.15, -0.1) is 0 Å². The van der Waals surface area contributed by atoms with Crippen molar-refractivity contribution < 1.29 is 12.8 Å². The van der Waals surface area contributed by atoms with Crippen molar-refractivity contribution in [3.8, 4) is 0 Å². The molecule has 2 aromatic rings. The molecule has 0 aliphatic carbocycles. The molecule has 0 spiro atoms. The zero-order chi connectivity index (χ0) is 14.0. The molecule has 102 valence electrons. The molecule has 0 amide bonds. The van der Waals surface area contributed by atoms with Crippen molar-refractivity contribution in [3.05, 3.63) is 35.9 Å². The summed E-state index contributed by atoms with van der Waals surface area (Å²) < 4.78 is 41.3. The highest BCUT2D eigenvalue weighted by molar-refractivity contribution is 7.92. The lowest BCUT2D eigenvalue weighted by Gasteiger charge is -2.11. The second-order valence-electron chi connectivity index (χ2n) is 3.73. The molecule has 0 aliphatic rings. The quantitative estimate of drug-likeness (QED) is 0.836. The van der Waals surface area contributed by atoms with Crippen LogP contribution in [0.15, 0.2) is 29.4 Å². The van der Waals surface area contributed by atoms with Gasteiger partial charge in [0.25, 0.3) is 10.0 Å². The van der Waals surface area contributed by atoms with E-state index >= 15 is 0 Å². The highest BCUT2D eigenvalue weighted by atomic mass is 32.2. The van der Waals surface area contributed by atoms with Crippen LogP contribution in [-0.4, -0.2) is 23.2 Å². The Morgan fingerprint density at radius 1 is 1.47 bits per heavy atom. The van der Waals surface area contributed by atoms with Crippen LogP contribution in [0.5, 0.6) is 0 Å². The number of anilines is 1. The highest BCUT2D eigenvalue weighted by Gasteiger charge is 2.21. The molecule has 19 heavy (non-hydrogen) atoms. The van der Waals surface area contributed by atoms with Gasteiger partial charge >= 0.3 is 0 Å². The number of sulfonamides is 1. The van der Waals surface area contributed by atoms with Gasteiger partial charge in [0.05, 0.1) is 4.90 Å². The number of rotatable bonds is 4. The molecule has 0 saturated carbocycles. The third-order valence-corrected chi connectivity index (χ3v) is 3.92. The number of nitrogens with one attached hydrogen (secondary N) is 1. The second-order valence-corrected chi connectivity index (χ2v) is 5.38. The van der Waals surface area contributed by atoms with Gasteiger partial charge in [0, 0.05) is 19.2 Å². The Hall–Kier alpha value is -2.00. The van der Waals surface area contributed by atoms with Crippen molar-refractivity contribution in [2.45, 2.75) is 11.4 Å². The summed E-state index contributed by atoms with van der Waals surface area (Å²) in [4.78, 5) is 3.53.